The molecule has 106 valence electrons. The fourth-order valence-corrected chi connectivity index (χ4v) is 3.00. The second-order valence-corrected chi connectivity index (χ2v) is 5.75. The summed E-state index contributed by atoms with van der Waals surface area (Å²) >= 11 is 0. The van der Waals surface area contributed by atoms with Crippen molar-refractivity contribution < 1.29 is 9.47 Å². The molecule has 0 amide bonds. The van der Waals surface area contributed by atoms with Gasteiger partial charge in [-0.3, -0.25) is 4.90 Å². The smallest absolute Gasteiger partial charge is 0.0700 e. The maximum atomic E-state index is 5.54. The molecule has 0 aromatic carbocycles. The minimum absolute atomic E-state index is 0.394. The summed E-state index contributed by atoms with van der Waals surface area (Å²) in [4.78, 5) is 2.68. The summed E-state index contributed by atoms with van der Waals surface area (Å²) in [6.45, 7) is 9.35. The number of nitrogens with zero attached hydrogens (tertiary/aromatic N) is 1. The summed E-state index contributed by atoms with van der Waals surface area (Å²) in [5, 5.41) is 3.56. The van der Waals surface area contributed by atoms with E-state index in [0.29, 0.717) is 12.1 Å². The van der Waals surface area contributed by atoms with Gasteiger partial charge in [0.2, 0.25) is 0 Å². The Balaban J connectivity index is 1.66. The van der Waals surface area contributed by atoms with Gasteiger partial charge >= 0.3 is 0 Å². The van der Waals surface area contributed by atoms with Crippen LogP contribution in [-0.4, -0.2) is 63.5 Å². The van der Waals surface area contributed by atoms with Crippen molar-refractivity contribution in [2.75, 3.05) is 53.1 Å². The van der Waals surface area contributed by atoms with E-state index in [2.05, 4.69) is 17.1 Å². The fourth-order valence-electron chi connectivity index (χ4n) is 3.00. The molecule has 2 aliphatic rings. The van der Waals surface area contributed by atoms with Crippen LogP contribution < -0.4 is 5.32 Å². The average molecular weight is 256 g/mol. The molecule has 1 heterocycles. The van der Waals surface area contributed by atoms with E-state index in [-0.39, 0.29) is 0 Å². The molecule has 1 saturated heterocycles. The molecule has 0 radical (unpaired) electrons. The van der Waals surface area contributed by atoms with Crippen LogP contribution in [0.15, 0.2) is 0 Å². The van der Waals surface area contributed by atoms with Crippen LogP contribution in [0.4, 0.5) is 0 Å². The van der Waals surface area contributed by atoms with Crippen LogP contribution in [0.25, 0.3) is 0 Å². The van der Waals surface area contributed by atoms with E-state index in [4.69, 9.17) is 9.47 Å². The highest BCUT2D eigenvalue weighted by molar-refractivity contribution is 5.02. The number of ether oxygens (including phenoxy) is 2. The lowest BCUT2D eigenvalue weighted by atomic mass is 9.91. The standard InChI is InChI=1S/C14H28N2O2/c1-14(13-4-5-13)12-15-6-8-16(14)7-3-9-18-11-10-17-2/h13,15H,3-12H2,1-2H3. The normalized spacial score (nSPS) is 29.7. The number of hydrogen-bond donors (Lipinski definition) is 1. The molecule has 1 aliphatic carbocycles. The largest absolute Gasteiger partial charge is 0.382 e. The number of methoxy groups -OCH3 is 1. The van der Waals surface area contributed by atoms with Gasteiger partial charge in [0.1, 0.15) is 0 Å². The fraction of sp³-hybridized carbons (Fsp3) is 1.00. The van der Waals surface area contributed by atoms with Gasteiger partial charge in [-0.15, -0.1) is 0 Å². The van der Waals surface area contributed by atoms with E-state index >= 15 is 0 Å². The molecule has 2 fully saturated rings. The predicted octanol–water partition coefficient (Wildman–Crippen LogP) is 1.11. The topological polar surface area (TPSA) is 33.7 Å². The number of hydrogen-bond acceptors (Lipinski definition) is 4. The van der Waals surface area contributed by atoms with Crippen molar-refractivity contribution >= 4 is 0 Å². The van der Waals surface area contributed by atoms with Crippen LogP contribution in [0.2, 0.25) is 0 Å². The van der Waals surface area contributed by atoms with Gasteiger partial charge in [-0.05, 0) is 32.1 Å². The molecular formula is C14H28N2O2. The molecule has 2 rings (SSSR count). The summed E-state index contributed by atoms with van der Waals surface area (Å²) in [5.41, 5.74) is 0.394. The average Bonchev–Trinajstić information content (AvgIpc) is 3.20. The molecule has 18 heavy (non-hydrogen) atoms. The second kappa shape index (κ2) is 6.85. The second-order valence-electron chi connectivity index (χ2n) is 5.75. The van der Waals surface area contributed by atoms with Gasteiger partial charge in [0.05, 0.1) is 13.2 Å². The first kappa shape index (κ1) is 14.3. The molecule has 0 spiro atoms. The molecule has 1 atom stereocenters. The van der Waals surface area contributed by atoms with Crippen molar-refractivity contribution in [1.82, 2.24) is 10.2 Å². The van der Waals surface area contributed by atoms with Crippen LogP contribution in [0, 0.1) is 5.92 Å². The molecule has 4 nitrogen and oxygen atoms in total. The molecule has 0 aromatic rings. The Bertz CT molecular complexity index is 246. The van der Waals surface area contributed by atoms with Crippen LogP contribution >= 0.6 is 0 Å². The van der Waals surface area contributed by atoms with Crippen LogP contribution in [0.3, 0.4) is 0 Å². The van der Waals surface area contributed by atoms with Gasteiger partial charge in [-0.25, -0.2) is 0 Å². The third-order valence-corrected chi connectivity index (χ3v) is 4.37. The highest BCUT2D eigenvalue weighted by atomic mass is 16.5. The first-order valence-electron chi connectivity index (χ1n) is 7.30. The van der Waals surface area contributed by atoms with Crippen LogP contribution in [0.5, 0.6) is 0 Å². The zero-order chi connectivity index (χ0) is 12.8. The third kappa shape index (κ3) is 3.67. The zero-order valence-electron chi connectivity index (χ0n) is 11.9. The Labute approximate surface area is 111 Å². The van der Waals surface area contributed by atoms with Crippen molar-refractivity contribution in [2.24, 2.45) is 5.92 Å². The minimum Gasteiger partial charge on any atom is -0.382 e. The highest BCUT2D eigenvalue weighted by Crippen LogP contribution is 2.43. The monoisotopic (exact) mass is 256 g/mol. The van der Waals surface area contributed by atoms with E-state index in [1.54, 1.807) is 7.11 Å². The van der Waals surface area contributed by atoms with Crippen molar-refractivity contribution in [1.29, 1.82) is 0 Å². The number of rotatable bonds is 8. The maximum Gasteiger partial charge on any atom is 0.0700 e. The van der Waals surface area contributed by atoms with Gasteiger partial charge in [0.15, 0.2) is 0 Å². The Hall–Kier alpha value is -0.160. The third-order valence-electron chi connectivity index (χ3n) is 4.37. The molecule has 1 saturated carbocycles. The Morgan fingerprint density at radius 1 is 1.28 bits per heavy atom. The predicted molar refractivity (Wildman–Crippen MR) is 72.9 cm³/mol. The van der Waals surface area contributed by atoms with Crippen molar-refractivity contribution in [3.05, 3.63) is 0 Å². The number of nitrogens with one attached hydrogen (secondary N) is 1. The quantitative estimate of drug-likeness (QED) is 0.660. The van der Waals surface area contributed by atoms with E-state index < -0.39 is 0 Å². The van der Waals surface area contributed by atoms with Crippen molar-refractivity contribution in [3.63, 3.8) is 0 Å². The van der Waals surface area contributed by atoms with E-state index in [0.717, 1.165) is 38.6 Å². The SMILES string of the molecule is COCCOCCCN1CCNCC1(C)C1CC1. The number of piperazine rings is 1. The summed E-state index contributed by atoms with van der Waals surface area (Å²) in [6, 6.07) is 0. The zero-order valence-corrected chi connectivity index (χ0v) is 11.9. The van der Waals surface area contributed by atoms with Gasteiger partial charge in [0.25, 0.3) is 0 Å². The van der Waals surface area contributed by atoms with E-state index in [1.807, 2.05) is 0 Å². The summed E-state index contributed by atoms with van der Waals surface area (Å²) in [6.07, 6.45) is 3.96. The lowest BCUT2D eigenvalue weighted by molar-refractivity contribution is 0.0333. The van der Waals surface area contributed by atoms with E-state index in [1.165, 1.54) is 25.9 Å². The lowest BCUT2D eigenvalue weighted by Gasteiger charge is -2.46. The Morgan fingerprint density at radius 2 is 2.11 bits per heavy atom. The molecule has 0 aromatic heterocycles. The lowest BCUT2D eigenvalue weighted by Crippen LogP contribution is -2.61. The summed E-state index contributed by atoms with van der Waals surface area (Å²) < 4.78 is 10.5. The molecule has 1 aliphatic heterocycles. The van der Waals surface area contributed by atoms with Crippen LogP contribution in [0.1, 0.15) is 26.2 Å². The maximum absolute atomic E-state index is 5.54. The molecule has 1 unspecified atom stereocenters. The molecule has 4 heteroatoms. The Kier molecular flexibility index (Phi) is 5.42. The first-order valence-corrected chi connectivity index (χ1v) is 7.30. The van der Waals surface area contributed by atoms with Crippen LogP contribution in [-0.2, 0) is 9.47 Å². The van der Waals surface area contributed by atoms with Gasteiger partial charge in [-0.2, -0.15) is 0 Å². The first-order chi connectivity index (χ1) is 8.77. The molecular weight excluding hydrogens is 228 g/mol. The highest BCUT2D eigenvalue weighted by Gasteiger charge is 2.46. The minimum atomic E-state index is 0.394. The van der Waals surface area contributed by atoms with E-state index in [9.17, 15) is 0 Å². The summed E-state index contributed by atoms with van der Waals surface area (Å²) in [7, 11) is 1.71. The molecule has 0 bridgehead atoms. The molecule has 1 N–H and O–H groups in total. The van der Waals surface area contributed by atoms with Gasteiger partial charge in [0, 0.05) is 45.4 Å². The Morgan fingerprint density at radius 3 is 2.83 bits per heavy atom. The van der Waals surface area contributed by atoms with Gasteiger partial charge in [-0.1, -0.05) is 0 Å². The van der Waals surface area contributed by atoms with Crippen molar-refractivity contribution in [3.8, 4) is 0 Å². The van der Waals surface area contributed by atoms with Crippen molar-refractivity contribution in [2.45, 2.75) is 31.7 Å². The summed E-state index contributed by atoms with van der Waals surface area (Å²) in [5.74, 6) is 0.916. The van der Waals surface area contributed by atoms with Gasteiger partial charge < -0.3 is 14.8 Å².